The Bertz CT molecular complexity index is 881. The minimum Gasteiger partial charge on any atom is -0.507 e. The third kappa shape index (κ3) is 3.94. The number of nitrogens with one attached hydrogen (secondary N) is 1. The van der Waals surface area contributed by atoms with Crippen molar-refractivity contribution in [3.05, 3.63) is 45.3 Å². The minimum absolute atomic E-state index is 0.00257. The summed E-state index contributed by atoms with van der Waals surface area (Å²) in [7, 11) is 0. The molecule has 1 heterocycles. The summed E-state index contributed by atoms with van der Waals surface area (Å²) >= 11 is 0. The number of phenolic OH excluding ortho intramolecular Hbond substituents is 1. The predicted molar refractivity (Wildman–Crippen MR) is 112 cm³/mol. The molecule has 0 atom stereocenters. The lowest BCUT2D eigenvalue weighted by molar-refractivity contribution is -0.122. The van der Waals surface area contributed by atoms with E-state index in [0.29, 0.717) is 5.75 Å². The van der Waals surface area contributed by atoms with Gasteiger partial charge in [-0.15, -0.1) is 0 Å². The fourth-order valence-electron chi connectivity index (χ4n) is 4.47. The van der Waals surface area contributed by atoms with Crippen LogP contribution in [0.3, 0.4) is 0 Å². The van der Waals surface area contributed by atoms with Crippen LogP contribution in [0.25, 0.3) is 0 Å². The van der Waals surface area contributed by atoms with E-state index in [1.54, 1.807) is 0 Å². The number of carbonyl (C=O) groups is 1. The number of amides is 1. The Labute approximate surface area is 168 Å². The Balaban J connectivity index is 1.98. The second-order valence-corrected chi connectivity index (χ2v) is 8.15. The van der Waals surface area contributed by atoms with Gasteiger partial charge >= 0.3 is 0 Å². The van der Waals surface area contributed by atoms with Gasteiger partial charge in [0, 0.05) is 23.7 Å². The Morgan fingerprint density at radius 2 is 1.96 bits per heavy atom. The van der Waals surface area contributed by atoms with Crippen LogP contribution in [-0.2, 0) is 43.4 Å². The first kappa shape index (κ1) is 20.4. The van der Waals surface area contributed by atoms with Gasteiger partial charge in [-0.3, -0.25) is 9.48 Å². The first-order chi connectivity index (χ1) is 13.3. The molecule has 1 aromatic heterocycles. The van der Waals surface area contributed by atoms with Gasteiger partial charge in [0.05, 0.1) is 5.69 Å². The number of aryl methyl sites for hydroxylation is 2. The summed E-state index contributed by atoms with van der Waals surface area (Å²) in [5.41, 5.74) is 8.18. The summed E-state index contributed by atoms with van der Waals surface area (Å²) in [6.07, 6.45) is 5.62. The molecule has 0 aliphatic heterocycles. The maximum Gasteiger partial charge on any atom is 0.241 e. The summed E-state index contributed by atoms with van der Waals surface area (Å²) in [4.78, 5) is 12.3. The van der Waals surface area contributed by atoms with E-state index in [2.05, 4.69) is 25.2 Å². The van der Waals surface area contributed by atoms with Crippen molar-refractivity contribution in [1.82, 2.24) is 15.1 Å². The first-order valence-electron chi connectivity index (χ1n) is 10.6. The van der Waals surface area contributed by atoms with E-state index in [1.165, 1.54) is 16.7 Å². The smallest absolute Gasteiger partial charge is 0.241 e. The molecule has 0 saturated carbocycles. The molecule has 2 aromatic rings. The van der Waals surface area contributed by atoms with Gasteiger partial charge in [0.1, 0.15) is 12.3 Å². The number of nitrogens with zero attached hydrogens (tertiary/aromatic N) is 2. The van der Waals surface area contributed by atoms with Crippen molar-refractivity contribution < 1.29 is 9.90 Å². The first-order valence-corrected chi connectivity index (χ1v) is 10.6. The number of carbonyl (C=O) groups excluding carboxylic acids is 1. The second kappa shape index (κ2) is 8.38. The monoisotopic (exact) mass is 383 g/mol. The van der Waals surface area contributed by atoms with E-state index in [9.17, 15) is 9.90 Å². The van der Waals surface area contributed by atoms with E-state index in [-0.39, 0.29) is 18.5 Å². The number of fused-ring (bicyclic) bond motifs is 1. The third-order valence-corrected chi connectivity index (χ3v) is 5.69. The molecular weight excluding hydrogens is 350 g/mol. The normalized spacial score (nSPS) is 13.2. The lowest BCUT2D eigenvalue weighted by Crippen LogP contribution is -2.33. The fourth-order valence-corrected chi connectivity index (χ4v) is 4.47. The highest BCUT2D eigenvalue weighted by Crippen LogP contribution is 2.36. The van der Waals surface area contributed by atoms with E-state index < -0.39 is 0 Å². The molecular formula is C23H33N3O2. The molecule has 152 valence electrons. The summed E-state index contributed by atoms with van der Waals surface area (Å²) in [5, 5.41) is 18.2. The van der Waals surface area contributed by atoms with Crippen LogP contribution in [0.1, 0.15) is 73.3 Å². The molecule has 0 unspecified atom stereocenters. The lowest BCUT2D eigenvalue weighted by Gasteiger charge is -2.14. The van der Waals surface area contributed by atoms with Gasteiger partial charge in [-0.05, 0) is 75.1 Å². The second-order valence-electron chi connectivity index (χ2n) is 8.15. The zero-order valence-electron chi connectivity index (χ0n) is 17.9. The average Bonchev–Trinajstić information content (AvgIpc) is 3.23. The molecule has 3 rings (SSSR count). The quantitative estimate of drug-likeness (QED) is 0.767. The van der Waals surface area contributed by atoms with Crippen molar-refractivity contribution in [2.75, 3.05) is 0 Å². The van der Waals surface area contributed by atoms with E-state index in [4.69, 9.17) is 5.10 Å². The molecule has 5 heteroatoms. The molecule has 1 amide bonds. The summed E-state index contributed by atoms with van der Waals surface area (Å²) in [5.74, 6) is 0.478. The van der Waals surface area contributed by atoms with E-state index in [1.807, 2.05) is 25.5 Å². The zero-order chi connectivity index (χ0) is 20.4. The van der Waals surface area contributed by atoms with Gasteiger partial charge in [0.2, 0.25) is 5.91 Å². The Kier molecular flexibility index (Phi) is 6.11. The van der Waals surface area contributed by atoms with Crippen molar-refractivity contribution in [2.24, 2.45) is 0 Å². The van der Waals surface area contributed by atoms with Crippen LogP contribution in [-0.4, -0.2) is 26.8 Å². The number of hydrogen-bond acceptors (Lipinski definition) is 3. The Hall–Kier alpha value is -2.30. The largest absolute Gasteiger partial charge is 0.507 e. The average molecular weight is 384 g/mol. The Morgan fingerprint density at radius 3 is 2.61 bits per heavy atom. The number of phenols is 1. The zero-order valence-corrected chi connectivity index (χ0v) is 17.9. The molecule has 1 aromatic carbocycles. The lowest BCUT2D eigenvalue weighted by atomic mass is 9.92. The summed E-state index contributed by atoms with van der Waals surface area (Å²) in [6, 6.07) is 2.27. The van der Waals surface area contributed by atoms with Crippen LogP contribution in [0.2, 0.25) is 0 Å². The van der Waals surface area contributed by atoms with Gasteiger partial charge < -0.3 is 10.4 Å². The van der Waals surface area contributed by atoms with E-state index >= 15 is 0 Å². The molecule has 0 radical (unpaired) electrons. The van der Waals surface area contributed by atoms with Gasteiger partial charge in [-0.1, -0.05) is 19.9 Å². The molecule has 5 nitrogen and oxygen atoms in total. The Morgan fingerprint density at radius 1 is 1.25 bits per heavy atom. The number of rotatable bonds is 7. The van der Waals surface area contributed by atoms with Crippen molar-refractivity contribution in [2.45, 2.75) is 85.7 Å². The van der Waals surface area contributed by atoms with Crippen LogP contribution in [0.5, 0.6) is 5.75 Å². The van der Waals surface area contributed by atoms with Crippen molar-refractivity contribution in [3.63, 3.8) is 0 Å². The van der Waals surface area contributed by atoms with Crippen LogP contribution >= 0.6 is 0 Å². The maximum atomic E-state index is 12.3. The van der Waals surface area contributed by atoms with E-state index in [0.717, 1.165) is 61.0 Å². The molecule has 1 aliphatic carbocycles. The highest BCUT2D eigenvalue weighted by Gasteiger charge is 2.23. The summed E-state index contributed by atoms with van der Waals surface area (Å²) < 4.78 is 1.89. The molecule has 2 N–H and O–H groups in total. The molecule has 0 spiro atoms. The molecule has 0 fully saturated rings. The number of aromatic nitrogens is 2. The molecule has 28 heavy (non-hydrogen) atoms. The van der Waals surface area contributed by atoms with Gasteiger partial charge in [0.15, 0.2) is 0 Å². The van der Waals surface area contributed by atoms with Gasteiger partial charge in [0.25, 0.3) is 0 Å². The molecule has 0 bridgehead atoms. The standard InChI is InChI=1S/C23H33N3O2/c1-6-20-19(21(7-2)26(25-20)13-22(27)24-14(3)4)12-16-11-15(5)23(28)18-10-8-9-17(16)18/h11,14,28H,6-10,12-13H2,1-5H3,(H,24,27). The minimum atomic E-state index is 0.00257. The van der Waals surface area contributed by atoms with Crippen LogP contribution < -0.4 is 5.32 Å². The van der Waals surface area contributed by atoms with Gasteiger partial charge in [-0.25, -0.2) is 0 Å². The van der Waals surface area contributed by atoms with Crippen LogP contribution in [0, 0.1) is 6.92 Å². The highest BCUT2D eigenvalue weighted by atomic mass is 16.3. The summed E-state index contributed by atoms with van der Waals surface area (Å²) in [6.45, 7) is 10.4. The van der Waals surface area contributed by atoms with Gasteiger partial charge in [-0.2, -0.15) is 5.10 Å². The fraction of sp³-hybridized carbons (Fsp3) is 0.565. The van der Waals surface area contributed by atoms with Crippen molar-refractivity contribution >= 4 is 5.91 Å². The van der Waals surface area contributed by atoms with Crippen LogP contribution in [0.4, 0.5) is 0 Å². The molecule has 0 saturated heterocycles. The highest BCUT2D eigenvalue weighted by molar-refractivity contribution is 5.76. The topological polar surface area (TPSA) is 67.2 Å². The van der Waals surface area contributed by atoms with Crippen LogP contribution in [0.15, 0.2) is 6.07 Å². The SMILES string of the molecule is CCc1nn(CC(=O)NC(C)C)c(CC)c1Cc1cc(C)c(O)c2c1CCC2. The number of hydrogen-bond donors (Lipinski definition) is 2. The third-order valence-electron chi connectivity index (χ3n) is 5.69. The molecule has 1 aliphatic rings. The van der Waals surface area contributed by atoms with Crippen molar-refractivity contribution in [1.29, 1.82) is 0 Å². The number of benzene rings is 1. The van der Waals surface area contributed by atoms with Crippen molar-refractivity contribution in [3.8, 4) is 5.75 Å². The predicted octanol–water partition coefficient (Wildman–Crippen LogP) is 3.63. The maximum absolute atomic E-state index is 12.3. The number of aromatic hydroxyl groups is 1.